The molecule has 0 aromatic carbocycles. The van der Waals surface area contributed by atoms with E-state index in [2.05, 4.69) is 10.1 Å². The largest absolute Gasteiger partial charge is 0.340 e. The molecule has 3 rings (SSSR count). The molecule has 2 fully saturated rings. The van der Waals surface area contributed by atoms with Crippen molar-refractivity contribution >= 4 is 10.0 Å². The summed E-state index contributed by atoms with van der Waals surface area (Å²) in [5.41, 5.74) is -0.236. The molecule has 1 aromatic rings. The predicted octanol–water partition coefficient (Wildman–Crippen LogP) is 1.47. The summed E-state index contributed by atoms with van der Waals surface area (Å²) in [6, 6.07) is 0. The van der Waals surface area contributed by atoms with E-state index < -0.39 is 10.0 Å². The van der Waals surface area contributed by atoms with Gasteiger partial charge in [0.15, 0.2) is 5.82 Å². The van der Waals surface area contributed by atoms with E-state index in [1.807, 2.05) is 0 Å². The highest BCUT2D eigenvalue weighted by molar-refractivity contribution is 7.89. The number of nitrogens with zero attached hydrogens (tertiary/aromatic N) is 3. The van der Waals surface area contributed by atoms with E-state index in [0.29, 0.717) is 30.7 Å². The summed E-state index contributed by atoms with van der Waals surface area (Å²) in [5, 5.41) is 3.70. The van der Waals surface area contributed by atoms with Crippen LogP contribution < -0.4 is 0 Å². The smallest absolute Gasteiger partial charge is 0.223 e. The topological polar surface area (TPSA) is 76.3 Å². The first-order valence-electron chi connectivity index (χ1n) is 7.16. The molecule has 0 bridgehead atoms. The molecule has 0 N–H and O–H groups in total. The average Bonchev–Trinajstić information content (AvgIpc) is 3.00. The lowest BCUT2D eigenvalue weighted by atomic mass is 9.80. The van der Waals surface area contributed by atoms with E-state index in [0.717, 1.165) is 19.3 Å². The first kappa shape index (κ1) is 14.0. The number of fused-ring (bicyclic) bond motifs is 1. The van der Waals surface area contributed by atoms with Crippen molar-refractivity contribution in [1.29, 1.82) is 0 Å². The molecule has 1 aliphatic heterocycles. The quantitative estimate of drug-likeness (QED) is 0.844. The Bertz CT molecular complexity index is 610. The normalized spacial score (nSPS) is 31.1. The maximum absolute atomic E-state index is 12.4. The van der Waals surface area contributed by atoms with Gasteiger partial charge in [-0.25, -0.2) is 12.7 Å². The minimum Gasteiger partial charge on any atom is -0.340 e. The van der Waals surface area contributed by atoms with Crippen LogP contribution in [0.5, 0.6) is 0 Å². The van der Waals surface area contributed by atoms with Gasteiger partial charge in [0.1, 0.15) is 0 Å². The maximum Gasteiger partial charge on any atom is 0.223 e. The van der Waals surface area contributed by atoms with E-state index in [4.69, 9.17) is 4.52 Å². The second kappa shape index (κ2) is 4.53. The fourth-order valence-electron chi connectivity index (χ4n) is 3.60. The molecule has 1 saturated carbocycles. The molecule has 0 unspecified atom stereocenters. The summed E-state index contributed by atoms with van der Waals surface area (Å²) >= 11 is 0. The molecule has 0 radical (unpaired) electrons. The molecule has 1 aliphatic carbocycles. The Morgan fingerprint density at radius 3 is 2.80 bits per heavy atom. The van der Waals surface area contributed by atoms with Gasteiger partial charge in [-0.2, -0.15) is 4.98 Å². The minimum atomic E-state index is -3.21. The third-order valence-corrected chi connectivity index (χ3v) is 6.96. The van der Waals surface area contributed by atoms with Gasteiger partial charge in [0.05, 0.1) is 10.7 Å². The van der Waals surface area contributed by atoms with Gasteiger partial charge in [-0.3, -0.25) is 0 Å². The van der Waals surface area contributed by atoms with Crippen LogP contribution in [0.3, 0.4) is 0 Å². The third-order valence-electron chi connectivity index (χ3n) is 4.77. The Morgan fingerprint density at radius 2 is 2.20 bits per heavy atom. The molecule has 20 heavy (non-hydrogen) atoms. The number of rotatable bonds is 3. The molecular weight excluding hydrogens is 278 g/mol. The summed E-state index contributed by atoms with van der Waals surface area (Å²) < 4.78 is 31.6. The highest BCUT2D eigenvalue weighted by Crippen LogP contribution is 2.50. The van der Waals surface area contributed by atoms with E-state index in [9.17, 15) is 8.42 Å². The van der Waals surface area contributed by atoms with Crippen LogP contribution in [0.15, 0.2) is 4.52 Å². The highest BCUT2D eigenvalue weighted by atomic mass is 32.2. The van der Waals surface area contributed by atoms with E-state index in [-0.39, 0.29) is 10.7 Å². The van der Waals surface area contributed by atoms with Gasteiger partial charge in [0.2, 0.25) is 15.9 Å². The Balaban J connectivity index is 1.96. The van der Waals surface area contributed by atoms with Crippen LogP contribution in [0.25, 0.3) is 0 Å². The van der Waals surface area contributed by atoms with Gasteiger partial charge in [0.25, 0.3) is 0 Å². The minimum absolute atomic E-state index is 0.236. The van der Waals surface area contributed by atoms with Crippen molar-refractivity contribution in [2.24, 2.45) is 5.92 Å². The fourth-order valence-corrected chi connectivity index (χ4v) is 5.00. The van der Waals surface area contributed by atoms with E-state index in [1.54, 1.807) is 25.1 Å². The summed E-state index contributed by atoms with van der Waals surface area (Å²) in [6.07, 6.45) is 3.09. The molecule has 1 aromatic heterocycles. The molecule has 6 nitrogen and oxygen atoms in total. The van der Waals surface area contributed by atoms with Crippen molar-refractivity contribution in [1.82, 2.24) is 14.4 Å². The number of hydrogen-bond donors (Lipinski definition) is 0. The second-order valence-electron chi connectivity index (χ2n) is 6.27. The van der Waals surface area contributed by atoms with Crippen LogP contribution in [0.4, 0.5) is 0 Å². The predicted molar refractivity (Wildman–Crippen MR) is 73.7 cm³/mol. The summed E-state index contributed by atoms with van der Waals surface area (Å²) in [5.74, 6) is 1.55. The molecule has 0 spiro atoms. The first-order chi connectivity index (χ1) is 9.36. The van der Waals surface area contributed by atoms with Crippen LogP contribution in [-0.2, 0) is 15.4 Å². The fraction of sp³-hybridized carbons (Fsp3) is 0.846. The Morgan fingerprint density at radius 1 is 1.45 bits per heavy atom. The van der Waals surface area contributed by atoms with Crippen LogP contribution in [-0.4, -0.2) is 41.2 Å². The number of sulfonamides is 1. The molecule has 2 atom stereocenters. The first-order valence-corrected chi connectivity index (χ1v) is 8.66. The SMILES string of the molecule is Cc1nc([C@@]23CCC[C@@H]2CN(S(=O)(=O)C(C)C)C3)no1. The Kier molecular flexibility index (Phi) is 3.17. The van der Waals surface area contributed by atoms with Gasteiger partial charge >= 0.3 is 0 Å². The van der Waals surface area contributed by atoms with Crippen molar-refractivity contribution in [2.45, 2.75) is 50.7 Å². The summed E-state index contributed by atoms with van der Waals surface area (Å²) in [6.45, 7) is 6.32. The van der Waals surface area contributed by atoms with Crippen molar-refractivity contribution in [3.63, 3.8) is 0 Å². The van der Waals surface area contributed by atoms with Crippen LogP contribution in [0.2, 0.25) is 0 Å². The Labute approximate surface area is 119 Å². The lowest BCUT2D eigenvalue weighted by Gasteiger charge is -2.25. The molecule has 2 heterocycles. The standard InChI is InChI=1S/C13H21N3O3S/c1-9(2)20(17,18)16-7-11-5-4-6-13(11,8-16)12-14-10(3)19-15-12/h9,11H,4-8H2,1-3H3/t11-,13-/m1/s1. The van der Waals surface area contributed by atoms with Gasteiger partial charge < -0.3 is 4.52 Å². The Hall–Kier alpha value is -0.950. The lowest BCUT2D eigenvalue weighted by molar-refractivity contribution is 0.332. The van der Waals surface area contributed by atoms with Crippen LogP contribution in [0.1, 0.15) is 44.8 Å². The summed E-state index contributed by atoms with van der Waals surface area (Å²) in [4.78, 5) is 4.39. The molecule has 0 amide bonds. The van der Waals surface area contributed by atoms with Crippen molar-refractivity contribution < 1.29 is 12.9 Å². The summed E-state index contributed by atoms with van der Waals surface area (Å²) in [7, 11) is -3.21. The van der Waals surface area contributed by atoms with Crippen molar-refractivity contribution in [3.05, 3.63) is 11.7 Å². The van der Waals surface area contributed by atoms with Gasteiger partial charge in [-0.1, -0.05) is 11.6 Å². The third kappa shape index (κ3) is 1.90. The van der Waals surface area contributed by atoms with Gasteiger partial charge in [-0.15, -0.1) is 0 Å². The molecule has 7 heteroatoms. The lowest BCUT2D eigenvalue weighted by Crippen LogP contribution is -2.38. The number of aryl methyl sites for hydroxylation is 1. The maximum atomic E-state index is 12.4. The van der Waals surface area contributed by atoms with Crippen LogP contribution in [0, 0.1) is 12.8 Å². The zero-order chi connectivity index (χ0) is 14.5. The van der Waals surface area contributed by atoms with Crippen molar-refractivity contribution in [2.75, 3.05) is 13.1 Å². The monoisotopic (exact) mass is 299 g/mol. The molecular formula is C13H21N3O3S. The van der Waals surface area contributed by atoms with Crippen LogP contribution >= 0.6 is 0 Å². The average molecular weight is 299 g/mol. The molecule has 112 valence electrons. The number of hydrogen-bond acceptors (Lipinski definition) is 5. The molecule has 1 saturated heterocycles. The zero-order valence-corrected chi connectivity index (χ0v) is 13.0. The number of aromatic nitrogens is 2. The second-order valence-corrected chi connectivity index (χ2v) is 8.76. The van der Waals surface area contributed by atoms with Gasteiger partial charge in [0, 0.05) is 20.0 Å². The highest BCUT2D eigenvalue weighted by Gasteiger charge is 2.55. The zero-order valence-electron chi connectivity index (χ0n) is 12.2. The van der Waals surface area contributed by atoms with E-state index >= 15 is 0 Å². The molecule has 2 aliphatic rings. The van der Waals surface area contributed by atoms with Gasteiger partial charge in [-0.05, 0) is 32.6 Å². The van der Waals surface area contributed by atoms with Crippen molar-refractivity contribution in [3.8, 4) is 0 Å². The van der Waals surface area contributed by atoms with E-state index in [1.165, 1.54) is 0 Å².